The first-order valence-electron chi connectivity index (χ1n) is 11.1. The summed E-state index contributed by atoms with van der Waals surface area (Å²) in [7, 11) is 1.56. The molecule has 10 heteroatoms. The number of methoxy groups -OCH3 is 1. The number of benzene rings is 2. The van der Waals surface area contributed by atoms with Crippen molar-refractivity contribution in [1.82, 2.24) is 4.90 Å². The number of anilines is 2. The summed E-state index contributed by atoms with van der Waals surface area (Å²) in [5.74, 6) is 0.689. The third kappa shape index (κ3) is 7.07. The van der Waals surface area contributed by atoms with Gasteiger partial charge in [0.2, 0.25) is 18.2 Å². The second-order valence-corrected chi connectivity index (χ2v) is 8.43. The van der Waals surface area contributed by atoms with Crippen molar-refractivity contribution in [3.05, 3.63) is 59.6 Å². The average molecular weight is 498 g/mol. The fraction of sp³-hybridized carbons (Fsp3) is 0.280. The van der Waals surface area contributed by atoms with Crippen molar-refractivity contribution in [2.24, 2.45) is 10.7 Å². The number of nitrogens with zero attached hydrogens (tertiary/aromatic N) is 3. The number of nitrogens with two attached hydrogens (primary N) is 1. The lowest BCUT2D eigenvalue weighted by Crippen LogP contribution is -2.72. The van der Waals surface area contributed by atoms with E-state index in [1.54, 1.807) is 37.1 Å². The van der Waals surface area contributed by atoms with Gasteiger partial charge in [-0.1, -0.05) is 23.7 Å². The molecule has 0 aromatic heterocycles. The molecular formula is C25H30ClN6O3+. The fourth-order valence-corrected chi connectivity index (χ4v) is 3.85. The van der Waals surface area contributed by atoms with Crippen LogP contribution in [0.5, 0.6) is 5.75 Å². The number of hydrogen-bond acceptors (Lipinski definition) is 5. The van der Waals surface area contributed by atoms with E-state index < -0.39 is 0 Å². The highest BCUT2D eigenvalue weighted by Crippen LogP contribution is 2.32. The van der Waals surface area contributed by atoms with E-state index in [0.29, 0.717) is 47.5 Å². The Labute approximate surface area is 209 Å². The molecule has 184 valence electrons. The van der Waals surface area contributed by atoms with Crippen molar-refractivity contribution in [2.45, 2.75) is 13.3 Å². The third-order valence-electron chi connectivity index (χ3n) is 5.38. The minimum atomic E-state index is -0.276. The summed E-state index contributed by atoms with van der Waals surface area (Å²) in [4.78, 5) is 35.9. The predicted octanol–water partition coefficient (Wildman–Crippen LogP) is 1.48. The van der Waals surface area contributed by atoms with Gasteiger partial charge in [0.05, 0.1) is 20.2 Å². The number of piperazine rings is 1. The molecule has 1 fully saturated rings. The highest BCUT2D eigenvalue weighted by Gasteiger charge is 2.26. The van der Waals surface area contributed by atoms with Crippen molar-refractivity contribution in [3.63, 3.8) is 0 Å². The average Bonchev–Trinajstić information content (AvgIpc) is 2.82. The summed E-state index contributed by atoms with van der Waals surface area (Å²) in [6.45, 7) is 6.56. The maximum Gasteiger partial charge on any atom is 0.243 e. The van der Waals surface area contributed by atoms with Crippen LogP contribution in [-0.4, -0.2) is 62.2 Å². The molecule has 2 amide bonds. The van der Waals surface area contributed by atoms with Gasteiger partial charge in [0.1, 0.15) is 0 Å². The lowest BCUT2D eigenvalue weighted by molar-refractivity contribution is -0.305. The molecule has 1 aliphatic rings. The molecule has 1 aliphatic heterocycles. The number of amidine groups is 1. The lowest BCUT2D eigenvalue weighted by Gasteiger charge is -2.35. The topological polar surface area (TPSA) is 114 Å². The molecule has 2 aromatic rings. The molecule has 1 saturated heterocycles. The van der Waals surface area contributed by atoms with Gasteiger partial charge in [-0.3, -0.25) is 14.6 Å². The van der Waals surface area contributed by atoms with E-state index in [2.05, 4.69) is 21.9 Å². The van der Waals surface area contributed by atoms with Crippen LogP contribution in [0.3, 0.4) is 0 Å². The molecule has 2 aromatic carbocycles. The number of carbonyl (C=O) groups excluding carboxylic acids is 2. The summed E-state index contributed by atoms with van der Waals surface area (Å²) in [6, 6.07) is 10.9. The number of rotatable bonds is 9. The number of hydrogen-bond donors (Lipinski definition) is 3. The number of aliphatic imine (C=N–C) groups is 1. The van der Waals surface area contributed by atoms with E-state index in [1.165, 1.54) is 6.34 Å². The maximum absolute atomic E-state index is 12.8. The van der Waals surface area contributed by atoms with E-state index in [9.17, 15) is 9.59 Å². The lowest BCUT2D eigenvalue weighted by atomic mass is 10.1. The normalized spacial score (nSPS) is 14.4. The van der Waals surface area contributed by atoms with Crippen molar-refractivity contribution in [1.29, 1.82) is 0 Å². The fourth-order valence-electron chi connectivity index (χ4n) is 3.59. The van der Waals surface area contributed by atoms with Gasteiger partial charge in [0, 0.05) is 42.5 Å². The minimum Gasteiger partial charge on any atom is -0.493 e. The minimum absolute atomic E-state index is 0.0275. The van der Waals surface area contributed by atoms with Gasteiger partial charge in [-0.2, -0.15) is 0 Å². The SMILES string of the molecule is C=CCc1ccc(NC(=O)CN2CCN(c3ccc(N=C[NH+]=C(C)N)c(OC)c3)CC2=O)cc1Cl. The van der Waals surface area contributed by atoms with Gasteiger partial charge in [0.25, 0.3) is 0 Å². The molecule has 35 heavy (non-hydrogen) atoms. The molecule has 0 bridgehead atoms. The molecule has 0 radical (unpaired) electrons. The van der Waals surface area contributed by atoms with Gasteiger partial charge in [-0.05, 0) is 36.2 Å². The molecule has 3 rings (SSSR count). The van der Waals surface area contributed by atoms with Crippen molar-refractivity contribution >= 4 is 52.7 Å². The van der Waals surface area contributed by atoms with Crippen LogP contribution in [-0.2, 0) is 16.0 Å². The highest BCUT2D eigenvalue weighted by molar-refractivity contribution is 6.31. The highest BCUT2D eigenvalue weighted by atomic mass is 35.5. The largest absolute Gasteiger partial charge is 0.493 e. The smallest absolute Gasteiger partial charge is 0.243 e. The Bertz CT molecular complexity index is 1160. The Kier molecular flexibility index (Phi) is 8.86. The Morgan fingerprint density at radius 3 is 2.77 bits per heavy atom. The Morgan fingerprint density at radius 1 is 1.31 bits per heavy atom. The molecule has 0 saturated carbocycles. The Hall–Kier alpha value is -3.85. The second-order valence-electron chi connectivity index (χ2n) is 8.03. The number of allylic oxidation sites excluding steroid dienone is 1. The van der Waals surface area contributed by atoms with Crippen LogP contribution in [0, 0.1) is 0 Å². The molecule has 1 heterocycles. The zero-order valence-corrected chi connectivity index (χ0v) is 20.6. The maximum atomic E-state index is 12.8. The number of carbonyl (C=O) groups is 2. The van der Waals surface area contributed by atoms with Gasteiger partial charge < -0.3 is 25.6 Å². The molecular weight excluding hydrogens is 468 g/mol. The van der Waals surface area contributed by atoms with Gasteiger partial charge >= 0.3 is 0 Å². The first-order chi connectivity index (χ1) is 16.8. The van der Waals surface area contributed by atoms with Crippen LogP contribution in [0.4, 0.5) is 17.1 Å². The number of amides is 2. The molecule has 0 spiro atoms. The second kappa shape index (κ2) is 12.0. The van der Waals surface area contributed by atoms with Gasteiger partial charge in [0.15, 0.2) is 17.3 Å². The van der Waals surface area contributed by atoms with E-state index in [-0.39, 0.29) is 24.9 Å². The molecule has 0 aliphatic carbocycles. The van der Waals surface area contributed by atoms with E-state index in [1.807, 2.05) is 29.2 Å². The van der Waals surface area contributed by atoms with Gasteiger partial charge in [-0.15, -0.1) is 11.6 Å². The standard InChI is InChI=1S/C25H29ClN6O3/c1-4-5-18-6-7-19(12-21(18)26)30-24(33)14-32-11-10-31(15-25(32)34)20-8-9-22(23(13-20)35-3)29-16-28-17(2)27/h4,6-9,12-13,16H,1,5,10-11,14-15H2,2-3H3,(H,30,33)(H2,27,28,29)/p+1. The quantitative estimate of drug-likeness (QED) is 0.276. The van der Waals surface area contributed by atoms with Crippen LogP contribution >= 0.6 is 11.6 Å². The summed E-state index contributed by atoms with van der Waals surface area (Å²) in [5.41, 5.74) is 8.55. The summed E-state index contributed by atoms with van der Waals surface area (Å²) in [5, 5.41) is 3.37. The van der Waals surface area contributed by atoms with Crippen LogP contribution in [0.15, 0.2) is 54.0 Å². The van der Waals surface area contributed by atoms with Crippen LogP contribution in [0.1, 0.15) is 12.5 Å². The molecule has 9 nitrogen and oxygen atoms in total. The Morgan fingerprint density at radius 2 is 2.11 bits per heavy atom. The monoisotopic (exact) mass is 497 g/mol. The first kappa shape index (κ1) is 25.8. The number of halogens is 1. The molecule has 0 unspecified atom stereocenters. The van der Waals surface area contributed by atoms with E-state index in [0.717, 1.165) is 11.3 Å². The number of nitrogens with one attached hydrogen (secondary N) is 2. The zero-order chi connectivity index (χ0) is 25.4. The summed E-state index contributed by atoms with van der Waals surface area (Å²) >= 11 is 6.25. The van der Waals surface area contributed by atoms with Gasteiger partial charge in [-0.25, -0.2) is 0 Å². The number of ether oxygens (including phenoxy) is 1. The van der Waals surface area contributed by atoms with Crippen molar-refractivity contribution in [2.75, 3.05) is 43.5 Å². The predicted molar refractivity (Wildman–Crippen MR) is 140 cm³/mol. The van der Waals surface area contributed by atoms with E-state index in [4.69, 9.17) is 22.1 Å². The van der Waals surface area contributed by atoms with E-state index >= 15 is 0 Å². The molecule has 4 N–H and O–H groups in total. The summed E-state index contributed by atoms with van der Waals surface area (Å²) < 4.78 is 5.45. The van der Waals surface area contributed by atoms with Crippen molar-refractivity contribution in [3.8, 4) is 5.75 Å². The zero-order valence-electron chi connectivity index (χ0n) is 19.9. The Balaban J connectivity index is 1.59. The van der Waals surface area contributed by atoms with Crippen LogP contribution in [0.25, 0.3) is 0 Å². The van der Waals surface area contributed by atoms with Crippen LogP contribution in [0.2, 0.25) is 5.02 Å². The van der Waals surface area contributed by atoms with Crippen molar-refractivity contribution < 1.29 is 19.3 Å². The molecule has 0 atom stereocenters. The van der Waals surface area contributed by atoms with Crippen LogP contribution < -0.4 is 25.7 Å². The summed E-state index contributed by atoms with van der Waals surface area (Å²) in [6.07, 6.45) is 3.91. The first-order valence-corrected chi connectivity index (χ1v) is 11.5. The third-order valence-corrected chi connectivity index (χ3v) is 5.73.